The molecule has 29 heavy (non-hydrogen) atoms. The number of piperazine rings is 1. The lowest BCUT2D eigenvalue weighted by Crippen LogP contribution is -2.54. The Balaban J connectivity index is 1.31. The van der Waals surface area contributed by atoms with Crippen LogP contribution in [0.3, 0.4) is 0 Å². The van der Waals surface area contributed by atoms with Gasteiger partial charge in [0.05, 0.1) is 6.04 Å². The third-order valence-electron chi connectivity index (χ3n) is 5.36. The molecule has 7 nitrogen and oxygen atoms in total. The van der Waals surface area contributed by atoms with Crippen molar-refractivity contribution in [2.75, 3.05) is 44.7 Å². The number of carbonyl (C=O) groups is 2. The predicted molar refractivity (Wildman–Crippen MR) is 109 cm³/mol. The first-order valence-electron chi connectivity index (χ1n) is 9.91. The first kappa shape index (κ1) is 19.3. The SMILES string of the molecule is C[C@@H](C(=O)Nc1ccc2c(c1)OCCO2)N1CCN(C(=O)c2ccccc2)CC1. The summed E-state index contributed by atoms with van der Waals surface area (Å²) in [5, 5.41) is 2.95. The Kier molecular flexibility index (Phi) is 5.67. The van der Waals surface area contributed by atoms with Gasteiger partial charge in [-0.15, -0.1) is 0 Å². The van der Waals surface area contributed by atoms with Crippen LogP contribution in [-0.2, 0) is 4.79 Å². The molecule has 0 spiro atoms. The number of nitrogens with zero attached hydrogens (tertiary/aromatic N) is 2. The van der Waals surface area contributed by atoms with E-state index >= 15 is 0 Å². The van der Waals surface area contributed by atoms with Crippen molar-refractivity contribution in [3.63, 3.8) is 0 Å². The molecule has 2 amide bonds. The summed E-state index contributed by atoms with van der Waals surface area (Å²) in [6, 6.07) is 14.4. The van der Waals surface area contributed by atoms with Gasteiger partial charge in [0.2, 0.25) is 5.91 Å². The van der Waals surface area contributed by atoms with Crippen LogP contribution in [0.5, 0.6) is 11.5 Å². The topological polar surface area (TPSA) is 71.1 Å². The fourth-order valence-electron chi connectivity index (χ4n) is 3.61. The average molecular weight is 395 g/mol. The second-order valence-electron chi connectivity index (χ2n) is 7.22. The molecule has 0 aliphatic carbocycles. The Hall–Kier alpha value is -3.06. The van der Waals surface area contributed by atoms with Crippen molar-refractivity contribution in [3.05, 3.63) is 54.1 Å². The normalized spacial score (nSPS) is 17.5. The third-order valence-corrected chi connectivity index (χ3v) is 5.36. The van der Waals surface area contributed by atoms with E-state index < -0.39 is 0 Å². The second-order valence-corrected chi connectivity index (χ2v) is 7.22. The molecule has 1 saturated heterocycles. The maximum atomic E-state index is 12.7. The number of hydrogen-bond donors (Lipinski definition) is 1. The fourth-order valence-corrected chi connectivity index (χ4v) is 3.61. The van der Waals surface area contributed by atoms with E-state index in [0.717, 1.165) is 0 Å². The zero-order valence-electron chi connectivity index (χ0n) is 16.5. The van der Waals surface area contributed by atoms with Crippen molar-refractivity contribution in [2.24, 2.45) is 0 Å². The molecule has 2 aliphatic heterocycles. The van der Waals surface area contributed by atoms with Crippen LogP contribution in [0.25, 0.3) is 0 Å². The van der Waals surface area contributed by atoms with Gasteiger partial charge in [0.15, 0.2) is 11.5 Å². The van der Waals surface area contributed by atoms with Crippen molar-refractivity contribution in [1.29, 1.82) is 0 Å². The number of rotatable bonds is 4. The average Bonchev–Trinajstić information content (AvgIpc) is 2.78. The van der Waals surface area contributed by atoms with Crippen LogP contribution < -0.4 is 14.8 Å². The molecule has 7 heteroatoms. The van der Waals surface area contributed by atoms with Gasteiger partial charge in [-0.05, 0) is 31.2 Å². The van der Waals surface area contributed by atoms with Crippen LogP contribution in [0.1, 0.15) is 17.3 Å². The summed E-state index contributed by atoms with van der Waals surface area (Å²) < 4.78 is 11.1. The van der Waals surface area contributed by atoms with E-state index in [0.29, 0.717) is 62.1 Å². The van der Waals surface area contributed by atoms with Gasteiger partial charge in [-0.25, -0.2) is 0 Å². The number of ether oxygens (including phenoxy) is 2. The first-order valence-corrected chi connectivity index (χ1v) is 9.91. The van der Waals surface area contributed by atoms with Gasteiger partial charge in [-0.1, -0.05) is 18.2 Å². The summed E-state index contributed by atoms with van der Waals surface area (Å²) in [5.74, 6) is 1.30. The van der Waals surface area contributed by atoms with E-state index in [9.17, 15) is 9.59 Å². The molecular formula is C22H25N3O4. The van der Waals surface area contributed by atoms with Crippen LogP contribution in [0, 0.1) is 0 Å². The molecule has 0 bridgehead atoms. The molecule has 152 valence electrons. The summed E-state index contributed by atoms with van der Waals surface area (Å²) in [6.07, 6.45) is 0. The van der Waals surface area contributed by atoms with Gasteiger partial charge in [0.25, 0.3) is 5.91 Å². The fraction of sp³-hybridized carbons (Fsp3) is 0.364. The molecular weight excluding hydrogens is 370 g/mol. The van der Waals surface area contributed by atoms with Crippen molar-refractivity contribution in [3.8, 4) is 11.5 Å². The minimum Gasteiger partial charge on any atom is -0.486 e. The van der Waals surface area contributed by atoms with Crippen molar-refractivity contribution in [1.82, 2.24) is 9.80 Å². The second kappa shape index (κ2) is 8.53. The first-order chi connectivity index (χ1) is 14.1. The van der Waals surface area contributed by atoms with Gasteiger partial charge in [-0.2, -0.15) is 0 Å². The molecule has 0 aromatic heterocycles. The standard InChI is InChI=1S/C22H25N3O4/c1-16(21(26)23-18-7-8-19-20(15-18)29-14-13-28-19)24-9-11-25(12-10-24)22(27)17-5-3-2-4-6-17/h2-8,15-16H,9-14H2,1H3,(H,23,26)/t16-/m0/s1. The molecule has 0 unspecified atom stereocenters. The lowest BCUT2D eigenvalue weighted by atomic mass is 10.1. The van der Waals surface area contributed by atoms with Crippen LogP contribution in [-0.4, -0.2) is 67.0 Å². The van der Waals surface area contributed by atoms with Gasteiger partial charge < -0.3 is 19.7 Å². The number of anilines is 1. The van der Waals surface area contributed by atoms with Crippen LogP contribution in [0.4, 0.5) is 5.69 Å². The van der Waals surface area contributed by atoms with Crippen molar-refractivity contribution >= 4 is 17.5 Å². The number of nitrogens with one attached hydrogen (secondary N) is 1. The van der Waals surface area contributed by atoms with Gasteiger partial charge in [0.1, 0.15) is 13.2 Å². The minimum atomic E-state index is -0.294. The summed E-state index contributed by atoms with van der Waals surface area (Å²) in [4.78, 5) is 29.2. The van der Waals surface area contributed by atoms with Gasteiger partial charge >= 0.3 is 0 Å². The maximum absolute atomic E-state index is 12.7. The lowest BCUT2D eigenvalue weighted by Gasteiger charge is -2.37. The molecule has 0 radical (unpaired) electrons. The van der Waals surface area contributed by atoms with Gasteiger partial charge in [-0.3, -0.25) is 14.5 Å². The largest absolute Gasteiger partial charge is 0.486 e. The molecule has 4 rings (SSSR count). The Labute approximate surface area is 170 Å². The number of hydrogen-bond acceptors (Lipinski definition) is 5. The maximum Gasteiger partial charge on any atom is 0.253 e. The van der Waals surface area contributed by atoms with E-state index in [1.165, 1.54) is 0 Å². The summed E-state index contributed by atoms with van der Waals surface area (Å²) in [7, 11) is 0. The van der Waals surface area contributed by atoms with Crippen molar-refractivity contribution in [2.45, 2.75) is 13.0 Å². The highest BCUT2D eigenvalue weighted by Gasteiger charge is 2.28. The molecule has 1 atom stereocenters. The summed E-state index contributed by atoms with van der Waals surface area (Å²) in [6.45, 7) is 5.47. The van der Waals surface area contributed by atoms with Gasteiger partial charge in [0, 0.05) is 43.5 Å². The van der Waals surface area contributed by atoms with E-state index in [2.05, 4.69) is 10.2 Å². The smallest absolute Gasteiger partial charge is 0.253 e. The Bertz CT molecular complexity index is 879. The Morgan fingerprint density at radius 3 is 2.34 bits per heavy atom. The molecule has 2 aromatic carbocycles. The monoisotopic (exact) mass is 395 g/mol. The molecule has 2 aliphatic rings. The van der Waals surface area contributed by atoms with Crippen molar-refractivity contribution < 1.29 is 19.1 Å². The minimum absolute atomic E-state index is 0.0404. The number of carbonyl (C=O) groups excluding carboxylic acids is 2. The summed E-state index contributed by atoms with van der Waals surface area (Å²) >= 11 is 0. The van der Waals surface area contributed by atoms with Crippen LogP contribution in [0.2, 0.25) is 0 Å². The van der Waals surface area contributed by atoms with E-state index in [1.54, 1.807) is 6.07 Å². The predicted octanol–water partition coefficient (Wildman–Crippen LogP) is 2.24. The van der Waals surface area contributed by atoms with Crippen LogP contribution >= 0.6 is 0 Å². The summed E-state index contributed by atoms with van der Waals surface area (Å²) in [5.41, 5.74) is 1.38. The highest BCUT2D eigenvalue weighted by molar-refractivity contribution is 5.95. The zero-order chi connectivity index (χ0) is 20.2. The van der Waals surface area contributed by atoms with E-state index in [-0.39, 0.29) is 17.9 Å². The number of benzene rings is 2. The quantitative estimate of drug-likeness (QED) is 0.860. The Morgan fingerprint density at radius 1 is 0.931 bits per heavy atom. The Morgan fingerprint density at radius 2 is 1.62 bits per heavy atom. The molecule has 0 saturated carbocycles. The molecule has 1 N–H and O–H groups in total. The zero-order valence-corrected chi connectivity index (χ0v) is 16.5. The third kappa shape index (κ3) is 4.35. The molecule has 2 heterocycles. The van der Waals surface area contributed by atoms with E-state index in [4.69, 9.17) is 9.47 Å². The molecule has 1 fully saturated rings. The highest BCUT2D eigenvalue weighted by Crippen LogP contribution is 2.32. The van der Waals surface area contributed by atoms with Crippen LogP contribution in [0.15, 0.2) is 48.5 Å². The lowest BCUT2D eigenvalue weighted by molar-refractivity contribution is -0.121. The molecule has 2 aromatic rings. The van der Waals surface area contributed by atoms with E-state index in [1.807, 2.05) is 54.3 Å². The number of amides is 2. The number of fused-ring (bicyclic) bond motifs is 1. The highest BCUT2D eigenvalue weighted by atomic mass is 16.6.